The molecule has 7 nitrogen and oxygen atoms in total. The van der Waals surface area contributed by atoms with E-state index in [1.807, 2.05) is 37.3 Å². The number of amides is 2. The summed E-state index contributed by atoms with van der Waals surface area (Å²) in [5.74, 6) is 1.37. The van der Waals surface area contributed by atoms with Crippen LogP contribution in [0.5, 0.6) is 17.2 Å². The molecule has 0 radical (unpaired) electrons. The molecular weight excluding hydrogens is 432 g/mol. The predicted molar refractivity (Wildman–Crippen MR) is 130 cm³/mol. The first kappa shape index (κ1) is 22.9. The van der Waals surface area contributed by atoms with E-state index in [1.165, 1.54) is 11.0 Å². The molecule has 3 aromatic carbocycles. The zero-order valence-corrected chi connectivity index (χ0v) is 19.3. The van der Waals surface area contributed by atoms with Crippen molar-refractivity contribution in [1.29, 1.82) is 0 Å². The van der Waals surface area contributed by atoms with E-state index in [2.05, 4.69) is 5.32 Å². The molecule has 1 heterocycles. The molecule has 0 saturated carbocycles. The lowest BCUT2D eigenvalue weighted by atomic mass is 10.0. The highest BCUT2D eigenvalue weighted by Crippen LogP contribution is 2.33. The van der Waals surface area contributed by atoms with Gasteiger partial charge >= 0.3 is 0 Å². The number of benzene rings is 3. The molecule has 1 N–H and O–H groups in total. The van der Waals surface area contributed by atoms with Crippen molar-refractivity contribution in [2.75, 3.05) is 26.3 Å². The van der Waals surface area contributed by atoms with Gasteiger partial charge in [-0.3, -0.25) is 9.59 Å². The van der Waals surface area contributed by atoms with Gasteiger partial charge in [-0.25, -0.2) is 0 Å². The van der Waals surface area contributed by atoms with Crippen LogP contribution < -0.4 is 19.5 Å². The van der Waals surface area contributed by atoms with Crippen LogP contribution in [0.25, 0.3) is 6.08 Å². The van der Waals surface area contributed by atoms with Crippen molar-refractivity contribution in [2.24, 2.45) is 0 Å². The molecule has 1 atom stereocenters. The summed E-state index contributed by atoms with van der Waals surface area (Å²) in [5.41, 5.74) is 3.18. The molecular formula is C27H26N2O5. The van der Waals surface area contributed by atoms with E-state index in [9.17, 15) is 9.59 Å². The summed E-state index contributed by atoms with van der Waals surface area (Å²) >= 11 is 0. The van der Waals surface area contributed by atoms with Gasteiger partial charge in [0.2, 0.25) is 12.7 Å². The predicted octanol–water partition coefficient (Wildman–Crippen LogP) is 4.58. The summed E-state index contributed by atoms with van der Waals surface area (Å²) in [7, 11) is 3.20. The Morgan fingerprint density at radius 1 is 1.00 bits per heavy atom. The summed E-state index contributed by atoms with van der Waals surface area (Å²) in [5, 5.41) is 2.90. The third-order valence-electron chi connectivity index (χ3n) is 5.55. The Bertz CT molecular complexity index is 1200. The highest BCUT2D eigenvalue weighted by molar-refractivity contribution is 6.00. The van der Waals surface area contributed by atoms with E-state index in [0.29, 0.717) is 28.5 Å². The molecule has 1 aliphatic rings. The minimum Gasteiger partial charge on any atom is -0.497 e. The van der Waals surface area contributed by atoms with Gasteiger partial charge in [0.1, 0.15) is 11.8 Å². The highest BCUT2D eigenvalue weighted by Gasteiger charge is 2.28. The second kappa shape index (κ2) is 10.1. The number of nitrogens with zero attached hydrogens (tertiary/aromatic N) is 1. The Hall–Kier alpha value is -4.26. The Labute approximate surface area is 198 Å². The summed E-state index contributed by atoms with van der Waals surface area (Å²) < 4.78 is 15.9. The molecule has 1 aliphatic heterocycles. The number of methoxy groups -OCH3 is 1. The molecule has 1 unspecified atom stereocenters. The van der Waals surface area contributed by atoms with Crippen LogP contribution in [0.3, 0.4) is 0 Å². The highest BCUT2D eigenvalue weighted by atomic mass is 16.7. The Morgan fingerprint density at radius 2 is 1.71 bits per heavy atom. The summed E-state index contributed by atoms with van der Waals surface area (Å²) in [6.07, 6.45) is 3.13. The van der Waals surface area contributed by atoms with Crippen molar-refractivity contribution in [1.82, 2.24) is 4.90 Å². The molecule has 0 fully saturated rings. The van der Waals surface area contributed by atoms with Gasteiger partial charge in [-0.15, -0.1) is 0 Å². The maximum absolute atomic E-state index is 13.3. The van der Waals surface area contributed by atoms with Crippen LogP contribution in [0.1, 0.15) is 22.7 Å². The molecule has 0 spiro atoms. The van der Waals surface area contributed by atoms with Crippen LogP contribution in [0.2, 0.25) is 0 Å². The number of fused-ring (bicyclic) bond motifs is 1. The number of hydrogen-bond donors (Lipinski definition) is 1. The molecule has 0 bridgehead atoms. The van der Waals surface area contributed by atoms with Crippen molar-refractivity contribution in [3.05, 3.63) is 89.5 Å². The van der Waals surface area contributed by atoms with Crippen molar-refractivity contribution < 1.29 is 23.8 Å². The van der Waals surface area contributed by atoms with E-state index in [0.717, 1.165) is 11.1 Å². The fourth-order valence-corrected chi connectivity index (χ4v) is 3.61. The summed E-state index contributed by atoms with van der Waals surface area (Å²) in [4.78, 5) is 27.8. The molecule has 4 rings (SSSR count). The largest absolute Gasteiger partial charge is 0.497 e. The Kier molecular flexibility index (Phi) is 6.82. The molecule has 34 heavy (non-hydrogen) atoms. The number of carbonyl (C=O) groups excluding carboxylic acids is 2. The van der Waals surface area contributed by atoms with Crippen molar-refractivity contribution in [3.8, 4) is 17.2 Å². The minimum atomic E-state index is -0.823. The first-order valence-electron chi connectivity index (χ1n) is 10.8. The van der Waals surface area contributed by atoms with Crippen molar-refractivity contribution in [2.45, 2.75) is 13.0 Å². The van der Waals surface area contributed by atoms with Gasteiger partial charge in [-0.05, 0) is 60.5 Å². The third kappa shape index (κ3) is 5.20. The number of aryl methyl sites for hydroxylation is 1. The maximum atomic E-state index is 13.3. The fourth-order valence-electron chi connectivity index (χ4n) is 3.61. The van der Waals surface area contributed by atoms with Gasteiger partial charge in [0.25, 0.3) is 5.91 Å². The maximum Gasteiger partial charge on any atom is 0.251 e. The molecule has 174 valence electrons. The van der Waals surface area contributed by atoms with Crippen LogP contribution in [0.4, 0.5) is 5.69 Å². The first-order valence-corrected chi connectivity index (χ1v) is 10.8. The van der Waals surface area contributed by atoms with Gasteiger partial charge in [0.05, 0.1) is 7.11 Å². The van der Waals surface area contributed by atoms with Crippen LogP contribution >= 0.6 is 0 Å². The van der Waals surface area contributed by atoms with Gasteiger partial charge in [-0.2, -0.15) is 0 Å². The molecule has 0 saturated heterocycles. The van der Waals surface area contributed by atoms with E-state index in [-0.39, 0.29) is 18.6 Å². The average Bonchev–Trinajstić information content (AvgIpc) is 3.32. The normalized spacial score (nSPS) is 12.9. The number of nitrogens with one attached hydrogen (secondary N) is 1. The number of likely N-dealkylation sites (N-methyl/N-ethyl adjacent to an activating group) is 1. The van der Waals surface area contributed by atoms with Crippen molar-refractivity contribution in [3.63, 3.8) is 0 Å². The van der Waals surface area contributed by atoms with Crippen LogP contribution in [0.15, 0.2) is 72.8 Å². The van der Waals surface area contributed by atoms with E-state index in [1.54, 1.807) is 56.6 Å². The molecule has 3 aromatic rings. The number of ether oxygens (including phenoxy) is 3. The van der Waals surface area contributed by atoms with Gasteiger partial charge in [0.15, 0.2) is 11.5 Å². The van der Waals surface area contributed by atoms with Crippen LogP contribution in [-0.2, 0) is 9.59 Å². The second-order valence-corrected chi connectivity index (χ2v) is 7.93. The van der Waals surface area contributed by atoms with E-state index in [4.69, 9.17) is 14.2 Å². The monoisotopic (exact) mass is 458 g/mol. The third-order valence-corrected chi connectivity index (χ3v) is 5.55. The SMILES string of the molecule is COc1ccc(NC(=O)C(c2ccc(C)cc2)N(C)C(=O)C=Cc2ccc3c(c2)OCO3)cc1. The quantitative estimate of drug-likeness (QED) is 0.525. The van der Waals surface area contributed by atoms with Gasteiger partial charge in [0, 0.05) is 18.8 Å². The topological polar surface area (TPSA) is 77.1 Å². The molecule has 0 aliphatic carbocycles. The van der Waals surface area contributed by atoms with Gasteiger partial charge in [-0.1, -0.05) is 35.9 Å². The lowest BCUT2D eigenvalue weighted by Crippen LogP contribution is -2.37. The van der Waals surface area contributed by atoms with Crippen LogP contribution in [-0.4, -0.2) is 37.7 Å². The Morgan fingerprint density at radius 3 is 2.41 bits per heavy atom. The lowest BCUT2D eigenvalue weighted by molar-refractivity contribution is -0.133. The Balaban J connectivity index is 1.55. The smallest absolute Gasteiger partial charge is 0.251 e. The standard InChI is InChI=1S/C27H26N2O5/c1-18-4-8-20(9-5-18)26(27(31)28-21-10-12-22(32-3)13-11-21)29(2)25(30)15-7-19-6-14-23-24(16-19)34-17-33-23/h4-16,26H,17H2,1-3H3,(H,28,31). The molecule has 2 amide bonds. The minimum absolute atomic E-state index is 0.186. The number of hydrogen-bond acceptors (Lipinski definition) is 5. The summed E-state index contributed by atoms with van der Waals surface area (Å²) in [6.45, 7) is 2.16. The first-order chi connectivity index (χ1) is 16.4. The number of carbonyl (C=O) groups is 2. The van der Waals surface area contributed by atoms with Crippen LogP contribution in [0, 0.1) is 6.92 Å². The zero-order valence-electron chi connectivity index (χ0n) is 19.3. The van der Waals surface area contributed by atoms with Crippen molar-refractivity contribution >= 4 is 23.6 Å². The average molecular weight is 459 g/mol. The van der Waals surface area contributed by atoms with E-state index >= 15 is 0 Å². The van der Waals surface area contributed by atoms with Gasteiger partial charge < -0.3 is 24.4 Å². The zero-order chi connectivity index (χ0) is 24.1. The lowest BCUT2D eigenvalue weighted by Gasteiger charge is -2.27. The molecule has 7 heteroatoms. The van der Waals surface area contributed by atoms with E-state index < -0.39 is 6.04 Å². The molecule has 0 aromatic heterocycles. The number of rotatable bonds is 7. The summed E-state index contributed by atoms with van der Waals surface area (Å²) in [6, 6.07) is 19.2. The fraction of sp³-hybridized carbons (Fsp3) is 0.185. The second-order valence-electron chi connectivity index (χ2n) is 7.93. The number of anilines is 1.